The van der Waals surface area contributed by atoms with Gasteiger partial charge in [0.2, 0.25) is 0 Å². The molecule has 106 valence electrons. The van der Waals surface area contributed by atoms with E-state index in [1.807, 2.05) is 12.1 Å². The lowest BCUT2D eigenvalue weighted by atomic mass is 9.48. The molecular formula is C16H21BO3. The van der Waals surface area contributed by atoms with Crippen molar-refractivity contribution in [3.8, 4) is 5.75 Å². The van der Waals surface area contributed by atoms with Crippen LogP contribution in [0.2, 0.25) is 0 Å². The summed E-state index contributed by atoms with van der Waals surface area (Å²) in [7, 11) is -1.74. The molecule has 4 aliphatic rings. The van der Waals surface area contributed by atoms with E-state index in [4.69, 9.17) is 14.7 Å². The van der Waals surface area contributed by atoms with Crippen LogP contribution < -0.4 is 4.65 Å². The standard InChI is InChI=1S/C16H21BO3/c18-17(19)20-15-3-1-14(2-4-15)16-8-11-5-12(9-16)7-13(6-11)10-16/h1-4,11-13,18-19H,5-10H2. The third-order valence-electron chi connectivity index (χ3n) is 5.75. The summed E-state index contributed by atoms with van der Waals surface area (Å²) in [6.45, 7) is 0. The average molecular weight is 272 g/mol. The smallest absolute Gasteiger partial charge is 0.512 e. The van der Waals surface area contributed by atoms with Gasteiger partial charge in [-0.2, -0.15) is 0 Å². The first-order valence-corrected chi connectivity index (χ1v) is 7.76. The molecule has 1 aromatic rings. The van der Waals surface area contributed by atoms with Crippen LogP contribution in [0, 0.1) is 17.8 Å². The van der Waals surface area contributed by atoms with E-state index >= 15 is 0 Å². The Balaban J connectivity index is 1.60. The SMILES string of the molecule is OB(O)Oc1ccc(C23CC4CC(CC(C4)C2)C3)cc1. The number of benzene rings is 1. The molecule has 4 fully saturated rings. The predicted octanol–water partition coefficient (Wildman–Crippen LogP) is 2.50. The average Bonchev–Trinajstić information content (AvgIpc) is 2.37. The number of hydrogen-bond acceptors (Lipinski definition) is 3. The molecule has 20 heavy (non-hydrogen) atoms. The second kappa shape index (κ2) is 4.50. The molecule has 5 rings (SSSR count). The second-order valence-corrected chi connectivity index (χ2v) is 7.17. The van der Waals surface area contributed by atoms with Gasteiger partial charge >= 0.3 is 7.32 Å². The molecule has 2 N–H and O–H groups in total. The molecule has 4 saturated carbocycles. The molecule has 4 bridgehead atoms. The van der Waals surface area contributed by atoms with Gasteiger partial charge in [0.05, 0.1) is 0 Å². The Hall–Kier alpha value is -0.995. The molecular weight excluding hydrogens is 251 g/mol. The van der Waals surface area contributed by atoms with Crippen molar-refractivity contribution in [1.82, 2.24) is 0 Å². The van der Waals surface area contributed by atoms with E-state index in [1.165, 1.54) is 44.1 Å². The van der Waals surface area contributed by atoms with Gasteiger partial charge < -0.3 is 14.7 Å². The van der Waals surface area contributed by atoms with Crippen LogP contribution in [0.5, 0.6) is 5.75 Å². The van der Waals surface area contributed by atoms with E-state index < -0.39 is 7.32 Å². The van der Waals surface area contributed by atoms with Crippen molar-refractivity contribution in [2.75, 3.05) is 0 Å². The van der Waals surface area contributed by atoms with Gasteiger partial charge in [0, 0.05) is 0 Å². The van der Waals surface area contributed by atoms with Crippen LogP contribution >= 0.6 is 0 Å². The monoisotopic (exact) mass is 272 g/mol. The summed E-state index contributed by atoms with van der Waals surface area (Å²) >= 11 is 0. The molecule has 0 aromatic heterocycles. The minimum atomic E-state index is -1.74. The summed E-state index contributed by atoms with van der Waals surface area (Å²) in [4.78, 5) is 0. The topological polar surface area (TPSA) is 49.7 Å². The summed E-state index contributed by atoms with van der Waals surface area (Å²) in [5.41, 5.74) is 1.82. The van der Waals surface area contributed by atoms with E-state index in [-0.39, 0.29) is 0 Å². The van der Waals surface area contributed by atoms with E-state index in [9.17, 15) is 0 Å². The first-order valence-electron chi connectivity index (χ1n) is 7.76. The van der Waals surface area contributed by atoms with Gasteiger partial charge in [-0.25, -0.2) is 0 Å². The normalized spacial score (nSPS) is 38.0. The van der Waals surface area contributed by atoms with E-state index in [2.05, 4.69) is 12.1 Å². The molecule has 0 atom stereocenters. The first kappa shape index (κ1) is 12.7. The Bertz CT molecular complexity index is 462. The van der Waals surface area contributed by atoms with Crippen LogP contribution in [0.3, 0.4) is 0 Å². The Kier molecular flexibility index (Phi) is 2.86. The van der Waals surface area contributed by atoms with Gasteiger partial charge in [0.15, 0.2) is 0 Å². The Morgan fingerprint density at radius 1 is 0.900 bits per heavy atom. The lowest BCUT2D eigenvalue weighted by molar-refractivity contribution is -0.00519. The van der Waals surface area contributed by atoms with Crippen molar-refractivity contribution in [2.45, 2.75) is 43.9 Å². The van der Waals surface area contributed by atoms with Crippen molar-refractivity contribution in [3.63, 3.8) is 0 Å². The molecule has 4 aliphatic carbocycles. The van der Waals surface area contributed by atoms with Crippen molar-refractivity contribution >= 4 is 7.32 Å². The molecule has 1 aromatic carbocycles. The zero-order chi connectivity index (χ0) is 13.7. The fourth-order valence-corrected chi connectivity index (χ4v) is 5.47. The van der Waals surface area contributed by atoms with Gasteiger partial charge in [-0.1, -0.05) is 12.1 Å². The maximum atomic E-state index is 8.84. The summed E-state index contributed by atoms with van der Waals surface area (Å²) in [6.07, 6.45) is 8.41. The maximum absolute atomic E-state index is 8.84. The zero-order valence-corrected chi connectivity index (χ0v) is 11.7. The molecule has 0 saturated heterocycles. The van der Waals surface area contributed by atoms with Crippen molar-refractivity contribution < 1.29 is 14.7 Å². The lowest BCUT2D eigenvalue weighted by Gasteiger charge is -2.57. The highest BCUT2D eigenvalue weighted by molar-refractivity contribution is 6.33. The molecule has 3 nitrogen and oxygen atoms in total. The van der Waals surface area contributed by atoms with E-state index in [0.717, 1.165) is 17.8 Å². The quantitative estimate of drug-likeness (QED) is 0.831. The van der Waals surface area contributed by atoms with E-state index in [0.29, 0.717) is 11.2 Å². The van der Waals surface area contributed by atoms with Crippen LogP contribution in [-0.2, 0) is 5.41 Å². The van der Waals surface area contributed by atoms with Crippen LogP contribution in [0.4, 0.5) is 0 Å². The predicted molar refractivity (Wildman–Crippen MR) is 77.1 cm³/mol. The highest BCUT2D eigenvalue weighted by atomic mass is 16.6. The minimum absolute atomic E-state index is 0.394. The first-order chi connectivity index (χ1) is 9.63. The van der Waals surface area contributed by atoms with Crippen LogP contribution in [0.25, 0.3) is 0 Å². The summed E-state index contributed by atoms with van der Waals surface area (Å²) in [5.74, 6) is 3.35. The second-order valence-electron chi connectivity index (χ2n) is 7.17. The summed E-state index contributed by atoms with van der Waals surface area (Å²) in [6, 6.07) is 8.00. The van der Waals surface area contributed by atoms with Gasteiger partial charge in [-0.3, -0.25) is 0 Å². The fraction of sp³-hybridized carbons (Fsp3) is 0.625. The molecule has 0 unspecified atom stereocenters. The van der Waals surface area contributed by atoms with Crippen LogP contribution in [0.1, 0.15) is 44.1 Å². The molecule has 0 amide bonds. The maximum Gasteiger partial charge on any atom is 0.707 e. The molecule has 4 heteroatoms. The highest BCUT2D eigenvalue weighted by Gasteiger charge is 2.51. The van der Waals surface area contributed by atoms with Crippen molar-refractivity contribution in [1.29, 1.82) is 0 Å². The minimum Gasteiger partial charge on any atom is -0.512 e. The lowest BCUT2D eigenvalue weighted by Crippen LogP contribution is -2.48. The number of hydrogen-bond donors (Lipinski definition) is 2. The van der Waals surface area contributed by atoms with Crippen molar-refractivity contribution in [3.05, 3.63) is 29.8 Å². The third-order valence-corrected chi connectivity index (χ3v) is 5.75. The summed E-state index contributed by atoms with van der Waals surface area (Å²) < 4.78 is 4.90. The zero-order valence-electron chi connectivity index (χ0n) is 11.7. The van der Waals surface area contributed by atoms with E-state index in [1.54, 1.807) is 0 Å². The van der Waals surface area contributed by atoms with Crippen LogP contribution in [0.15, 0.2) is 24.3 Å². The largest absolute Gasteiger partial charge is 0.707 e. The number of rotatable bonds is 3. The highest BCUT2D eigenvalue weighted by Crippen LogP contribution is 2.60. The Morgan fingerprint density at radius 2 is 1.40 bits per heavy atom. The van der Waals surface area contributed by atoms with Gasteiger partial charge in [-0.05, 0) is 79.4 Å². The molecule has 0 heterocycles. The van der Waals surface area contributed by atoms with Crippen molar-refractivity contribution in [2.24, 2.45) is 17.8 Å². The van der Waals surface area contributed by atoms with Gasteiger partial charge in [0.25, 0.3) is 0 Å². The fourth-order valence-electron chi connectivity index (χ4n) is 5.47. The molecule has 0 radical (unpaired) electrons. The van der Waals surface area contributed by atoms with Crippen LogP contribution in [-0.4, -0.2) is 17.4 Å². The van der Waals surface area contributed by atoms with Gasteiger partial charge in [-0.15, -0.1) is 0 Å². The molecule has 0 aliphatic heterocycles. The van der Waals surface area contributed by atoms with Gasteiger partial charge in [0.1, 0.15) is 5.75 Å². The molecule has 0 spiro atoms. The third kappa shape index (κ3) is 2.06. The Morgan fingerprint density at radius 3 is 1.85 bits per heavy atom. The summed E-state index contributed by atoms with van der Waals surface area (Å²) in [5, 5.41) is 17.7. The Labute approximate surface area is 120 Å².